The summed E-state index contributed by atoms with van der Waals surface area (Å²) in [5, 5.41) is 0. The van der Waals surface area contributed by atoms with E-state index in [1.807, 2.05) is 61.6 Å². The lowest BCUT2D eigenvalue weighted by atomic mass is 10.1. The molecule has 110 valence electrons. The summed E-state index contributed by atoms with van der Waals surface area (Å²) in [7, 11) is 3.52. The topological polar surface area (TPSA) is 29.5 Å². The van der Waals surface area contributed by atoms with Crippen molar-refractivity contribution in [3.05, 3.63) is 65.7 Å². The van der Waals surface area contributed by atoms with E-state index >= 15 is 0 Å². The van der Waals surface area contributed by atoms with E-state index in [9.17, 15) is 4.79 Å². The second kappa shape index (κ2) is 7.48. The molecule has 0 N–H and O–H groups in total. The van der Waals surface area contributed by atoms with E-state index in [1.165, 1.54) is 0 Å². The largest absolute Gasteiger partial charge is 0.496 e. The van der Waals surface area contributed by atoms with Crippen LogP contribution in [0.25, 0.3) is 0 Å². The molecule has 3 heteroatoms. The van der Waals surface area contributed by atoms with E-state index in [2.05, 4.69) is 0 Å². The predicted molar refractivity (Wildman–Crippen MR) is 84.5 cm³/mol. The Labute approximate surface area is 126 Å². The van der Waals surface area contributed by atoms with Crippen LogP contribution in [-0.4, -0.2) is 31.5 Å². The maximum Gasteiger partial charge on any atom is 0.226 e. The Bertz CT molecular complexity index is 581. The Morgan fingerprint density at radius 2 is 1.71 bits per heavy atom. The quantitative estimate of drug-likeness (QED) is 0.816. The number of para-hydroxylation sites is 1. The minimum Gasteiger partial charge on any atom is -0.496 e. The second-order valence-electron chi connectivity index (χ2n) is 5.04. The van der Waals surface area contributed by atoms with Gasteiger partial charge in [-0.1, -0.05) is 48.5 Å². The number of hydrogen-bond donors (Lipinski definition) is 0. The molecule has 0 aliphatic carbocycles. The number of nitrogens with zero attached hydrogens (tertiary/aromatic N) is 1. The highest BCUT2D eigenvalue weighted by molar-refractivity contribution is 5.78. The van der Waals surface area contributed by atoms with Crippen LogP contribution in [0, 0.1) is 0 Å². The van der Waals surface area contributed by atoms with Gasteiger partial charge in [0, 0.05) is 13.6 Å². The zero-order valence-corrected chi connectivity index (χ0v) is 12.6. The third kappa shape index (κ3) is 4.35. The van der Waals surface area contributed by atoms with Crippen LogP contribution in [0.2, 0.25) is 0 Å². The van der Waals surface area contributed by atoms with Crippen molar-refractivity contribution in [1.29, 1.82) is 0 Å². The molecule has 0 unspecified atom stereocenters. The molecule has 0 spiro atoms. The fraction of sp³-hybridized carbons (Fsp3) is 0.278. The van der Waals surface area contributed by atoms with Gasteiger partial charge in [-0.2, -0.15) is 0 Å². The highest BCUT2D eigenvalue weighted by Gasteiger charge is 2.10. The fourth-order valence-corrected chi connectivity index (χ4v) is 2.23. The van der Waals surface area contributed by atoms with Gasteiger partial charge in [0.25, 0.3) is 0 Å². The Balaban J connectivity index is 1.89. The van der Waals surface area contributed by atoms with E-state index < -0.39 is 0 Å². The van der Waals surface area contributed by atoms with Gasteiger partial charge in [-0.25, -0.2) is 0 Å². The Morgan fingerprint density at radius 3 is 2.43 bits per heavy atom. The number of hydrogen-bond acceptors (Lipinski definition) is 2. The molecule has 3 nitrogen and oxygen atoms in total. The number of benzene rings is 2. The van der Waals surface area contributed by atoms with Crippen LogP contribution in [0.5, 0.6) is 5.75 Å². The molecule has 0 atom stereocenters. The molecule has 0 fully saturated rings. The molecule has 0 aromatic heterocycles. The zero-order chi connectivity index (χ0) is 15.1. The number of likely N-dealkylation sites (N-methyl/N-ethyl adjacent to an activating group) is 1. The van der Waals surface area contributed by atoms with Crippen molar-refractivity contribution >= 4 is 5.91 Å². The van der Waals surface area contributed by atoms with Crippen molar-refractivity contribution in [2.45, 2.75) is 12.8 Å². The lowest BCUT2D eigenvalue weighted by Gasteiger charge is -2.18. The molecule has 21 heavy (non-hydrogen) atoms. The number of methoxy groups -OCH3 is 1. The van der Waals surface area contributed by atoms with Gasteiger partial charge >= 0.3 is 0 Å². The van der Waals surface area contributed by atoms with E-state index in [0.29, 0.717) is 13.0 Å². The van der Waals surface area contributed by atoms with Crippen LogP contribution in [0.3, 0.4) is 0 Å². The van der Waals surface area contributed by atoms with Crippen molar-refractivity contribution in [3.63, 3.8) is 0 Å². The SMILES string of the molecule is COc1ccccc1CCN(C)C(=O)Cc1ccccc1. The highest BCUT2D eigenvalue weighted by atomic mass is 16.5. The highest BCUT2D eigenvalue weighted by Crippen LogP contribution is 2.17. The lowest BCUT2D eigenvalue weighted by Crippen LogP contribution is -2.30. The molecule has 2 aromatic carbocycles. The van der Waals surface area contributed by atoms with Crippen LogP contribution in [0.4, 0.5) is 0 Å². The Hall–Kier alpha value is -2.29. The van der Waals surface area contributed by atoms with Gasteiger partial charge in [0.1, 0.15) is 5.75 Å². The first-order chi connectivity index (χ1) is 10.2. The molecule has 0 radical (unpaired) electrons. The maximum atomic E-state index is 12.2. The molecule has 0 heterocycles. The van der Waals surface area contributed by atoms with Gasteiger partial charge in [-0.3, -0.25) is 4.79 Å². The van der Waals surface area contributed by atoms with Gasteiger partial charge < -0.3 is 9.64 Å². The average Bonchev–Trinajstić information content (AvgIpc) is 2.53. The maximum absolute atomic E-state index is 12.2. The summed E-state index contributed by atoms with van der Waals surface area (Å²) < 4.78 is 5.33. The minimum absolute atomic E-state index is 0.135. The molecule has 0 bridgehead atoms. The normalized spacial score (nSPS) is 10.2. The number of rotatable bonds is 6. The first kappa shape index (κ1) is 15.1. The summed E-state index contributed by atoms with van der Waals surface area (Å²) in [6.45, 7) is 0.687. The van der Waals surface area contributed by atoms with Crippen LogP contribution in [0.1, 0.15) is 11.1 Å². The molecule has 0 aliphatic rings. The van der Waals surface area contributed by atoms with Crippen molar-refractivity contribution in [3.8, 4) is 5.75 Å². The van der Waals surface area contributed by atoms with E-state index in [0.717, 1.165) is 23.3 Å². The van der Waals surface area contributed by atoms with Gasteiger partial charge in [0.2, 0.25) is 5.91 Å². The summed E-state index contributed by atoms with van der Waals surface area (Å²) in [6.07, 6.45) is 1.24. The summed E-state index contributed by atoms with van der Waals surface area (Å²) in [5.74, 6) is 1.01. The number of carbonyl (C=O) groups excluding carboxylic acids is 1. The van der Waals surface area contributed by atoms with Crippen LogP contribution in [0.15, 0.2) is 54.6 Å². The molecule has 0 saturated heterocycles. The number of amides is 1. The minimum atomic E-state index is 0.135. The summed E-state index contributed by atoms with van der Waals surface area (Å²) >= 11 is 0. The van der Waals surface area contributed by atoms with Crippen molar-refractivity contribution < 1.29 is 9.53 Å². The smallest absolute Gasteiger partial charge is 0.226 e. The molecular formula is C18H21NO2. The fourth-order valence-electron chi connectivity index (χ4n) is 2.23. The molecule has 0 aliphatic heterocycles. The number of ether oxygens (including phenoxy) is 1. The zero-order valence-electron chi connectivity index (χ0n) is 12.6. The molecule has 1 amide bonds. The van der Waals surface area contributed by atoms with Gasteiger partial charge in [0.05, 0.1) is 13.5 Å². The predicted octanol–water partition coefficient (Wildman–Crippen LogP) is 2.94. The summed E-state index contributed by atoms with van der Waals surface area (Å²) in [6, 6.07) is 17.7. The second-order valence-corrected chi connectivity index (χ2v) is 5.04. The summed E-state index contributed by atoms with van der Waals surface area (Å²) in [5.41, 5.74) is 2.17. The van der Waals surface area contributed by atoms with E-state index in [-0.39, 0.29) is 5.91 Å². The lowest BCUT2D eigenvalue weighted by molar-refractivity contribution is -0.129. The molecule has 2 rings (SSSR count). The first-order valence-corrected chi connectivity index (χ1v) is 7.10. The van der Waals surface area contributed by atoms with Crippen LogP contribution >= 0.6 is 0 Å². The van der Waals surface area contributed by atoms with Gasteiger partial charge in [0.15, 0.2) is 0 Å². The van der Waals surface area contributed by atoms with E-state index in [1.54, 1.807) is 12.0 Å². The Morgan fingerprint density at radius 1 is 1.05 bits per heavy atom. The summed E-state index contributed by atoms with van der Waals surface area (Å²) in [4.78, 5) is 14.0. The molecular weight excluding hydrogens is 262 g/mol. The third-order valence-corrected chi connectivity index (χ3v) is 3.53. The Kier molecular flexibility index (Phi) is 5.38. The van der Waals surface area contributed by atoms with Gasteiger partial charge in [-0.15, -0.1) is 0 Å². The molecule has 0 saturated carbocycles. The van der Waals surface area contributed by atoms with Crippen molar-refractivity contribution in [2.24, 2.45) is 0 Å². The molecule has 2 aromatic rings. The van der Waals surface area contributed by atoms with Crippen LogP contribution in [-0.2, 0) is 17.6 Å². The monoisotopic (exact) mass is 283 g/mol. The third-order valence-electron chi connectivity index (χ3n) is 3.53. The number of carbonyl (C=O) groups is 1. The standard InChI is InChI=1S/C18H21NO2/c1-19(18(20)14-15-8-4-3-5-9-15)13-12-16-10-6-7-11-17(16)21-2/h3-11H,12-14H2,1-2H3. The van der Waals surface area contributed by atoms with Gasteiger partial charge in [-0.05, 0) is 23.6 Å². The first-order valence-electron chi connectivity index (χ1n) is 7.10. The van der Waals surface area contributed by atoms with E-state index in [4.69, 9.17) is 4.74 Å². The average molecular weight is 283 g/mol. The van der Waals surface area contributed by atoms with Crippen molar-refractivity contribution in [2.75, 3.05) is 20.7 Å². The van der Waals surface area contributed by atoms with Crippen molar-refractivity contribution in [1.82, 2.24) is 4.90 Å². The van der Waals surface area contributed by atoms with Crippen LogP contribution < -0.4 is 4.74 Å².